The number of unbranched alkanes of at least 4 members (excludes halogenated alkanes) is 19. The summed E-state index contributed by atoms with van der Waals surface area (Å²) in [6.45, 7) is 8.33. The lowest BCUT2D eigenvalue weighted by Gasteiger charge is -2.18. The van der Waals surface area contributed by atoms with Crippen molar-refractivity contribution in [1.29, 1.82) is 0 Å². The second kappa shape index (κ2) is 31.3. The summed E-state index contributed by atoms with van der Waals surface area (Å²) in [6, 6.07) is 0. The third kappa shape index (κ3) is 34.4. The molecule has 0 aliphatic rings. The number of esters is 2. The fourth-order valence-corrected chi connectivity index (χ4v) is 5.95. The Bertz CT molecular complexity index is 754. The molecule has 0 aromatic heterocycles. The smallest absolute Gasteiger partial charge is 0.462 e. The van der Waals surface area contributed by atoms with E-state index in [1.54, 1.807) is 0 Å². The van der Waals surface area contributed by atoms with Crippen LogP contribution in [0.15, 0.2) is 0 Å². The van der Waals surface area contributed by atoms with Gasteiger partial charge in [0, 0.05) is 12.8 Å². The van der Waals surface area contributed by atoms with Gasteiger partial charge in [-0.1, -0.05) is 169 Å². The molecule has 0 bridgehead atoms. The fourth-order valence-electron chi connectivity index (χ4n) is 5.59. The van der Waals surface area contributed by atoms with E-state index >= 15 is 0 Å². The number of phosphoric ester groups is 1. The molecule has 0 radical (unpaired) electrons. The first kappa shape index (κ1) is 45.0. The van der Waals surface area contributed by atoms with Crippen LogP contribution in [0.5, 0.6) is 0 Å². The average molecular weight is 677 g/mol. The molecule has 274 valence electrons. The molecule has 46 heavy (non-hydrogen) atoms. The normalized spacial score (nSPS) is 13.2. The van der Waals surface area contributed by atoms with Gasteiger partial charge >= 0.3 is 19.8 Å². The van der Waals surface area contributed by atoms with Crippen LogP contribution in [0.2, 0.25) is 0 Å². The number of ether oxygens (including phenoxy) is 2. The third-order valence-electron chi connectivity index (χ3n) is 8.84. The Kier molecular flexibility index (Phi) is 30.7. The molecular weight excluding hydrogens is 603 g/mol. The van der Waals surface area contributed by atoms with Crippen LogP contribution in [0.25, 0.3) is 0 Å². The first-order valence-electron chi connectivity index (χ1n) is 19.1. The van der Waals surface area contributed by atoms with Crippen molar-refractivity contribution in [2.45, 2.75) is 201 Å². The minimum Gasteiger partial charge on any atom is -0.462 e. The first-order chi connectivity index (χ1) is 22.0. The van der Waals surface area contributed by atoms with Crippen molar-refractivity contribution in [2.75, 3.05) is 13.2 Å². The molecule has 0 aromatic carbocycles. The zero-order valence-corrected chi connectivity index (χ0v) is 31.2. The molecule has 9 heteroatoms. The van der Waals surface area contributed by atoms with Gasteiger partial charge in [0.25, 0.3) is 0 Å². The zero-order chi connectivity index (χ0) is 34.3. The molecule has 0 rings (SSSR count). The van der Waals surface area contributed by atoms with Crippen molar-refractivity contribution < 1.29 is 37.9 Å². The molecule has 2 atom stereocenters. The minimum atomic E-state index is -4.74. The largest absolute Gasteiger partial charge is 0.469 e. The second-order valence-electron chi connectivity index (χ2n) is 14.0. The summed E-state index contributed by atoms with van der Waals surface area (Å²) < 4.78 is 26.3. The Hall–Kier alpha value is -0.950. The van der Waals surface area contributed by atoms with Crippen molar-refractivity contribution in [3.05, 3.63) is 0 Å². The van der Waals surface area contributed by atoms with E-state index < -0.39 is 32.5 Å². The standard InChI is InChI=1S/C37H73O8P/c1-5-34(4)28-24-20-16-12-10-8-6-7-9-11-13-17-22-26-30-37(39)45-35(32-44-46(40,41)42)31-43-36(38)29-25-21-18-14-15-19-23-27-33(2)3/h33-35H,5-32H2,1-4H3,(H2,40,41,42)/t34?,35-/m1/s1. The number of hydrogen-bond donors (Lipinski definition) is 2. The Morgan fingerprint density at radius 2 is 0.957 bits per heavy atom. The van der Waals surface area contributed by atoms with Gasteiger partial charge in [0.15, 0.2) is 6.10 Å². The maximum absolute atomic E-state index is 12.4. The molecule has 0 saturated heterocycles. The minimum absolute atomic E-state index is 0.218. The van der Waals surface area contributed by atoms with Crippen LogP contribution in [0.3, 0.4) is 0 Å². The van der Waals surface area contributed by atoms with Crippen LogP contribution in [0.4, 0.5) is 0 Å². The zero-order valence-electron chi connectivity index (χ0n) is 30.3. The van der Waals surface area contributed by atoms with Crippen LogP contribution in [-0.4, -0.2) is 41.0 Å². The highest BCUT2D eigenvalue weighted by Gasteiger charge is 2.22. The number of rotatable bonds is 34. The van der Waals surface area contributed by atoms with Crippen LogP contribution >= 0.6 is 7.82 Å². The second-order valence-corrected chi connectivity index (χ2v) is 15.2. The molecule has 1 unspecified atom stereocenters. The SMILES string of the molecule is CCC(C)CCCCCCCCCCCCCCCCC(=O)O[C@H](COC(=O)CCCCCCCCCC(C)C)COP(=O)(O)O. The fraction of sp³-hybridized carbons (Fsp3) is 0.946. The van der Waals surface area contributed by atoms with Crippen molar-refractivity contribution in [2.24, 2.45) is 11.8 Å². The van der Waals surface area contributed by atoms with Crippen molar-refractivity contribution >= 4 is 19.8 Å². The van der Waals surface area contributed by atoms with Gasteiger partial charge in [0.2, 0.25) is 0 Å². The topological polar surface area (TPSA) is 119 Å². The molecule has 0 heterocycles. The summed E-state index contributed by atoms with van der Waals surface area (Å²) in [6.07, 6.45) is 28.4. The maximum Gasteiger partial charge on any atom is 0.469 e. The van der Waals surface area contributed by atoms with Crippen LogP contribution in [-0.2, 0) is 28.2 Å². The van der Waals surface area contributed by atoms with Crippen LogP contribution in [0, 0.1) is 11.8 Å². The lowest BCUT2D eigenvalue weighted by Crippen LogP contribution is -2.29. The summed E-state index contributed by atoms with van der Waals surface area (Å²) in [5, 5.41) is 0. The van der Waals surface area contributed by atoms with E-state index in [1.165, 1.54) is 109 Å². The highest BCUT2D eigenvalue weighted by atomic mass is 31.2. The summed E-state index contributed by atoms with van der Waals surface area (Å²) >= 11 is 0. The summed E-state index contributed by atoms with van der Waals surface area (Å²) in [5.74, 6) is 0.763. The summed E-state index contributed by atoms with van der Waals surface area (Å²) in [7, 11) is -4.74. The number of phosphoric acid groups is 1. The molecule has 0 fully saturated rings. The predicted molar refractivity (Wildman–Crippen MR) is 189 cm³/mol. The number of carbonyl (C=O) groups is 2. The van der Waals surface area contributed by atoms with E-state index in [1.807, 2.05) is 0 Å². The van der Waals surface area contributed by atoms with E-state index in [0.29, 0.717) is 6.42 Å². The maximum atomic E-state index is 12.4. The van der Waals surface area contributed by atoms with Gasteiger partial charge in [-0.3, -0.25) is 14.1 Å². The Morgan fingerprint density at radius 3 is 1.37 bits per heavy atom. The van der Waals surface area contributed by atoms with Crippen LogP contribution in [0.1, 0.15) is 195 Å². The van der Waals surface area contributed by atoms with Crippen molar-refractivity contribution in [3.8, 4) is 0 Å². The van der Waals surface area contributed by atoms with Crippen LogP contribution < -0.4 is 0 Å². The quantitative estimate of drug-likeness (QED) is 0.0392. The molecular formula is C37H73O8P. The average Bonchev–Trinajstić information content (AvgIpc) is 3.00. The van der Waals surface area contributed by atoms with Gasteiger partial charge in [-0.25, -0.2) is 4.57 Å². The molecule has 0 saturated carbocycles. The third-order valence-corrected chi connectivity index (χ3v) is 9.33. The lowest BCUT2D eigenvalue weighted by molar-refractivity contribution is -0.161. The highest BCUT2D eigenvalue weighted by molar-refractivity contribution is 7.46. The molecule has 0 aromatic rings. The molecule has 8 nitrogen and oxygen atoms in total. The predicted octanol–water partition coefficient (Wildman–Crippen LogP) is 11.0. The summed E-state index contributed by atoms with van der Waals surface area (Å²) in [4.78, 5) is 42.6. The summed E-state index contributed by atoms with van der Waals surface area (Å²) in [5.41, 5.74) is 0. The molecule has 0 aliphatic heterocycles. The number of hydrogen-bond acceptors (Lipinski definition) is 6. The van der Waals surface area contributed by atoms with Crippen molar-refractivity contribution in [1.82, 2.24) is 0 Å². The van der Waals surface area contributed by atoms with Crippen molar-refractivity contribution in [3.63, 3.8) is 0 Å². The Morgan fingerprint density at radius 1 is 0.565 bits per heavy atom. The van der Waals surface area contributed by atoms with E-state index in [9.17, 15) is 14.2 Å². The molecule has 2 N–H and O–H groups in total. The van der Waals surface area contributed by atoms with E-state index in [0.717, 1.165) is 50.4 Å². The monoisotopic (exact) mass is 677 g/mol. The van der Waals surface area contributed by atoms with Gasteiger partial charge in [-0.2, -0.15) is 0 Å². The van der Waals surface area contributed by atoms with Gasteiger partial charge in [0.1, 0.15) is 6.61 Å². The van der Waals surface area contributed by atoms with Gasteiger partial charge in [0.05, 0.1) is 6.61 Å². The lowest BCUT2D eigenvalue weighted by atomic mass is 9.99. The van der Waals surface area contributed by atoms with Gasteiger partial charge in [-0.15, -0.1) is 0 Å². The molecule has 0 spiro atoms. The molecule has 0 aliphatic carbocycles. The van der Waals surface area contributed by atoms with Gasteiger partial charge in [-0.05, 0) is 24.7 Å². The van der Waals surface area contributed by atoms with E-state index in [2.05, 4.69) is 32.2 Å². The Balaban J connectivity index is 3.90. The van der Waals surface area contributed by atoms with Gasteiger partial charge < -0.3 is 19.3 Å². The Labute approximate surface area is 283 Å². The highest BCUT2D eigenvalue weighted by Crippen LogP contribution is 2.36. The van der Waals surface area contributed by atoms with E-state index in [-0.39, 0.29) is 19.4 Å². The first-order valence-corrected chi connectivity index (χ1v) is 20.6. The van der Waals surface area contributed by atoms with E-state index in [4.69, 9.17) is 19.3 Å². The molecule has 0 amide bonds. The number of carbonyl (C=O) groups excluding carboxylic acids is 2.